The molecule has 0 N–H and O–H groups in total. The molecule has 0 aliphatic heterocycles. The Morgan fingerprint density at radius 2 is 2.06 bits per heavy atom. The van der Waals surface area contributed by atoms with Crippen LogP contribution >= 0.6 is 0 Å². The molecule has 0 aliphatic rings. The molecule has 16 heavy (non-hydrogen) atoms. The third kappa shape index (κ3) is 3.26. The highest BCUT2D eigenvalue weighted by atomic mass is 16.5. The van der Waals surface area contributed by atoms with Gasteiger partial charge in [-0.15, -0.1) is 0 Å². The molecule has 0 bridgehead atoms. The van der Waals surface area contributed by atoms with Gasteiger partial charge in [0.1, 0.15) is 6.29 Å². The van der Waals surface area contributed by atoms with Gasteiger partial charge >= 0.3 is 0 Å². The molecular weight excluding hydrogens is 204 g/mol. The summed E-state index contributed by atoms with van der Waals surface area (Å²) < 4.78 is 11.1. The van der Waals surface area contributed by atoms with Crippen molar-refractivity contribution in [1.82, 2.24) is 0 Å². The predicted octanol–water partition coefficient (Wildman–Crippen LogP) is 3.08. The Balaban J connectivity index is 2.92. The van der Waals surface area contributed by atoms with Gasteiger partial charge in [-0.2, -0.15) is 0 Å². The van der Waals surface area contributed by atoms with E-state index in [0.29, 0.717) is 23.7 Å². The van der Waals surface area contributed by atoms with Crippen molar-refractivity contribution in [3.05, 3.63) is 23.8 Å². The second-order valence-electron chi connectivity index (χ2n) is 3.59. The monoisotopic (exact) mass is 222 g/mol. The fourth-order valence-electron chi connectivity index (χ4n) is 1.26. The van der Waals surface area contributed by atoms with E-state index >= 15 is 0 Å². The van der Waals surface area contributed by atoms with E-state index in [4.69, 9.17) is 9.47 Å². The van der Waals surface area contributed by atoms with E-state index in [0.717, 1.165) is 12.7 Å². The molecule has 0 saturated carbocycles. The summed E-state index contributed by atoms with van der Waals surface area (Å²) in [7, 11) is 0. The van der Waals surface area contributed by atoms with Crippen LogP contribution in [0.25, 0.3) is 0 Å². The summed E-state index contributed by atoms with van der Waals surface area (Å²) in [5.41, 5.74) is 0.597. The molecule has 1 aromatic carbocycles. The average molecular weight is 222 g/mol. The molecule has 1 atom stereocenters. The fourth-order valence-corrected chi connectivity index (χ4v) is 1.26. The Bertz CT molecular complexity index is 347. The molecule has 1 aromatic rings. The van der Waals surface area contributed by atoms with Crippen molar-refractivity contribution in [3.8, 4) is 11.5 Å². The van der Waals surface area contributed by atoms with Crippen LogP contribution in [-0.4, -0.2) is 19.0 Å². The van der Waals surface area contributed by atoms with Crippen molar-refractivity contribution < 1.29 is 14.3 Å². The van der Waals surface area contributed by atoms with E-state index in [-0.39, 0.29) is 6.10 Å². The van der Waals surface area contributed by atoms with Crippen LogP contribution in [0.5, 0.6) is 11.5 Å². The summed E-state index contributed by atoms with van der Waals surface area (Å²) in [5, 5.41) is 0. The first-order chi connectivity index (χ1) is 7.71. The zero-order chi connectivity index (χ0) is 12.0. The van der Waals surface area contributed by atoms with Gasteiger partial charge in [0, 0.05) is 5.56 Å². The quantitative estimate of drug-likeness (QED) is 0.694. The maximum Gasteiger partial charge on any atom is 0.161 e. The van der Waals surface area contributed by atoms with Crippen LogP contribution in [0.3, 0.4) is 0 Å². The van der Waals surface area contributed by atoms with Crippen molar-refractivity contribution >= 4 is 6.29 Å². The minimum atomic E-state index is 0.140. The minimum absolute atomic E-state index is 0.140. The molecule has 0 heterocycles. The van der Waals surface area contributed by atoms with Gasteiger partial charge < -0.3 is 9.47 Å². The smallest absolute Gasteiger partial charge is 0.161 e. The van der Waals surface area contributed by atoms with Crippen molar-refractivity contribution in [2.75, 3.05) is 6.61 Å². The van der Waals surface area contributed by atoms with Gasteiger partial charge in [-0.05, 0) is 38.5 Å². The molecule has 0 saturated heterocycles. The number of hydrogen-bond acceptors (Lipinski definition) is 3. The molecule has 0 fully saturated rings. The third-order valence-electron chi connectivity index (χ3n) is 2.31. The van der Waals surface area contributed by atoms with E-state index in [1.54, 1.807) is 18.2 Å². The fraction of sp³-hybridized carbons (Fsp3) is 0.462. The van der Waals surface area contributed by atoms with Crippen LogP contribution in [0, 0.1) is 0 Å². The number of carbonyl (C=O) groups is 1. The summed E-state index contributed by atoms with van der Waals surface area (Å²) in [4.78, 5) is 10.7. The standard InChI is InChI=1S/C13H18O3/c1-4-10(3)16-12-7-6-11(9-14)8-13(12)15-5-2/h6-10H,4-5H2,1-3H3. The number of ether oxygens (including phenoxy) is 2. The lowest BCUT2D eigenvalue weighted by Crippen LogP contribution is -2.11. The number of rotatable bonds is 6. The van der Waals surface area contributed by atoms with Gasteiger partial charge in [0.05, 0.1) is 12.7 Å². The lowest BCUT2D eigenvalue weighted by molar-refractivity contribution is 0.112. The normalized spacial score (nSPS) is 11.9. The zero-order valence-corrected chi connectivity index (χ0v) is 10.0. The molecular formula is C13H18O3. The summed E-state index contributed by atoms with van der Waals surface area (Å²) in [6.07, 6.45) is 1.87. The molecule has 0 radical (unpaired) electrons. The number of benzene rings is 1. The van der Waals surface area contributed by atoms with E-state index in [9.17, 15) is 4.79 Å². The van der Waals surface area contributed by atoms with Crippen LogP contribution in [-0.2, 0) is 0 Å². The summed E-state index contributed by atoms with van der Waals surface area (Å²) in [6.45, 7) is 6.52. The van der Waals surface area contributed by atoms with Crippen molar-refractivity contribution in [1.29, 1.82) is 0 Å². The molecule has 1 unspecified atom stereocenters. The second-order valence-corrected chi connectivity index (χ2v) is 3.59. The number of aldehydes is 1. The Morgan fingerprint density at radius 1 is 1.31 bits per heavy atom. The maximum atomic E-state index is 10.7. The first-order valence-electron chi connectivity index (χ1n) is 5.59. The zero-order valence-electron chi connectivity index (χ0n) is 10.0. The SMILES string of the molecule is CCOc1cc(C=O)ccc1OC(C)CC. The van der Waals surface area contributed by atoms with Crippen molar-refractivity contribution in [2.24, 2.45) is 0 Å². The van der Waals surface area contributed by atoms with Crippen LogP contribution in [0.4, 0.5) is 0 Å². The van der Waals surface area contributed by atoms with E-state index in [2.05, 4.69) is 6.92 Å². The molecule has 0 aromatic heterocycles. The van der Waals surface area contributed by atoms with E-state index < -0.39 is 0 Å². The molecule has 3 heteroatoms. The first kappa shape index (κ1) is 12.6. The van der Waals surface area contributed by atoms with Gasteiger partial charge in [-0.1, -0.05) is 6.92 Å². The molecule has 3 nitrogen and oxygen atoms in total. The Labute approximate surface area is 96.4 Å². The predicted molar refractivity (Wildman–Crippen MR) is 63.4 cm³/mol. The summed E-state index contributed by atoms with van der Waals surface area (Å²) in [6, 6.07) is 5.21. The maximum absolute atomic E-state index is 10.7. The first-order valence-corrected chi connectivity index (χ1v) is 5.59. The average Bonchev–Trinajstić information content (AvgIpc) is 2.31. The molecule has 0 spiro atoms. The molecule has 1 rings (SSSR count). The highest BCUT2D eigenvalue weighted by molar-refractivity contribution is 5.76. The number of carbonyl (C=O) groups excluding carboxylic acids is 1. The van der Waals surface area contributed by atoms with Gasteiger partial charge in [0.25, 0.3) is 0 Å². The van der Waals surface area contributed by atoms with Gasteiger partial charge in [0.2, 0.25) is 0 Å². The highest BCUT2D eigenvalue weighted by Gasteiger charge is 2.08. The lowest BCUT2D eigenvalue weighted by Gasteiger charge is -2.16. The lowest BCUT2D eigenvalue weighted by atomic mass is 10.2. The molecule has 88 valence electrons. The summed E-state index contributed by atoms with van der Waals surface area (Å²) in [5.74, 6) is 1.33. The summed E-state index contributed by atoms with van der Waals surface area (Å²) >= 11 is 0. The van der Waals surface area contributed by atoms with Crippen molar-refractivity contribution in [3.63, 3.8) is 0 Å². The van der Waals surface area contributed by atoms with E-state index in [1.165, 1.54) is 0 Å². The topological polar surface area (TPSA) is 35.5 Å². The van der Waals surface area contributed by atoms with Crippen LogP contribution in [0.2, 0.25) is 0 Å². The number of hydrogen-bond donors (Lipinski definition) is 0. The van der Waals surface area contributed by atoms with Gasteiger partial charge in [0.15, 0.2) is 11.5 Å². The third-order valence-corrected chi connectivity index (χ3v) is 2.31. The molecule has 0 amide bonds. The van der Waals surface area contributed by atoms with Gasteiger partial charge in [-0.25, -0.2) is 0 Å². The Morgan fingerprint density at radius 3 is 2.62 bits per heavy atom. The minimum Gasteiger partial charge on any atom is -0.490 e. The Kier molecular flexibility index (Phi) is 4.83. The van der Waals surface area contributed by atoms with Crippen LogP contribution in [0.1, 0.15) is 37.6 Å². The van der Waals surface area contributed by atoms with E-state index in [1.807, 2.05) is 13.8 Å². The largest absolute Gasteiger partial charge is 0.490 e. The second kappa shape index (κ2) is 6.16. The van der Waals surface area contributed by atoms with Gasteiger partial charge in [-0.3, -0.25) is 4.79 Å². The van der Waals surface area contributed by atoms with Crippen LogP contribution < -0.4 is 9.47 Å². The Hall–Kier alpha value is -1.51. The van der Waals surface area contributed by atoms with Crippen LogP contribution in [0.15, 0.2) is 18.2 Å². The molecule has 0 aliphatic carbocycles. The van der Waals surface area contributed by atoms with Crippen molar-refractivity contribution in [2.45, 2.75) is 33.3 Å². The highest BCUT2D eigenvalue weighted by Crippen LogP contribution is 2.29.